The fourth-order valence-electron chi connectivity index (χ4n) is 2.36. The van der Waals surface area contributed by atoms with Gasteiger partial charge in [0.15, 0.2) is 0 Å². The normalized spacial score (nSPS) is 13.4. The predicted molar refractivity (Wildman–Crippen MR) is 76.9 cm³/mol. The number of fused-ring (bicyclic) bond motifs is 1. The summed E-state index contributed by atoms with van der Waals surface area (Å²) < 4.78 is 13.8. The number of carbonyl (C=O) groups is 1. The number of carboxylic acid groups (broad SMARTS) is 1. The first-order valence-electron chi connectivity index (χ1n) is 6.49. The number of hydrogen-bond donors (Lipinski definition) is 2. The predicted octanol–water partition coefficient (Wildman–Crippen LogP) is 3.48. The van der Waals surface area contributed by atoms with Crippen LogP contribution in [0.1, 0.15) is 31.9 Å². The Morgan fingerprint density at radius 3 is 2.45 bits per heavy atom. The number of carboxylic acids is 1. The zero-order valence-corrected chi connectivity index (χ0v) is 11.6. The highest BCUT2D eigenvalue weighted by Gasteiger charge is 2.30. The van der Waals surface area contributed by atoms with Gasteiger partial charge in [-0.15, -0.1) is 0 Å². The molecule has 0 amide bonds. The van der Waals surface area contributed by atoms with Gasteiger partial charge in [0.05, 0.1) is 5.41 Å². The van der Waals surface area contributed by atoms with Gasteiger partial charge in [0.1, 0.15) is 5.82 Å². The highest BCUT2D eigenvalue weighted by molar-refractivity contribution is 5.86. The summed E-state index contributed by atoms with van der Waals surface area (Å²) in [6.07, 6.45) is 0.290. The molecular weight excluding hydrogens is 257 g/mol. The van der Waals surface area contributed by atoms with Gasteiger partial charge in [-0.25, -0.2) is 4.39 Å². The van der Waals surface area contributed by atoms with Gasteiger partial charge in [-0.05, 0) is 37.3 Å². The SMILES string of the molecule is CC(C)(CC(N)c1ccc(F)c2ccccc12)C(=O)O. The molecule has 0 spiro atoms. The van der Waals surface area contributed by atoms with E-state index in [4.69, 9.17) is 5.73 Å². The third-order valence-electron chi connectivity index (χ3n) is 3.61. The highest BCUT2D eigenvalue weighted by Crippen LogP contribution is 2.33. The van der Waals surface area contributed by atoms with Crippen molar-refractivity contribution in [1.29, 1.82) is 0 Å². The molecule has 2 aromatic carbocycles. The molecule has 0 aliphatic rings. The molecule has 0 fully saturated rings. The molecule has 2 rings (SSSR count). The summed E-state index contributed by atoms with van der Waals surface area (Å²) in [4.78, 5) is 11.2. The van der Waals surface area contributed by atoms with Gasteiger partial charge >= 0.3 is 5.97 Å². The Hall–Kier alpha value is -1.94. The zero-order valence-electron chi connectivity index (χ0n) is 11.6. The van der Waals surface area contributed by atoms with Gasteiger partial charge in [0.25, 0.3) is 0 Å². The molecule has 2 aromatic rings. The highest BCUT2D eigenvalue weighted by atomic mass is 19.1. The molecule has 3 N–H and O–H groups in total. The number of benzene rings is 2. The Morgan fingerprint density at radius 2 is 1.85 bits per heavy atom. The van der Waals surface area contributed by atoms with E-state index in [9.17, 15) is 14.3 Å². The average Bonchev–Trinajstić information content (AvgIpc) is 2.38. The van der Waals surface area contributed by atoms with Gasteiger partial charge in [-0.1, -0.05) is 30.3 Å². The van der Waals surface area contributed by atoms with Crippen molar-refractivity contribution in [1.82, 2.24) is 0 Å². The second-order valence-corrected chi connectivity index (χ2v) is 5.68. The van der Waals surface area contributed by atoms with E-state index in [-0.39, 0.29) is 12.2 Å². The average molecular weight is 275 g/mol. The maximum absolute atomic E-state index is 13.8. The van der Waals surface area contributed by atoms with Crippen molar-refractivity contribution in [2.75, 3.05) is 0 Å². The summed E-state index contributed by atoms with van der Waals surface area (Å²) in [5.41, 5.74) is 6.00. The lowest BCUT2D eigenvalue weighted by Gasteiger charge is -2.24. The van der Waals surface area contributed by atoms with Crippen LogP contribution in [0.25, 0.3) is 10.8 Å². The Bertz CT molecular complexity index is 652. The summed E-state index contributed by atoms with van der Waals surface area (Å²) in [5, 5.41) is 10.4. The van der Waals surface area contributed by atoms with E-state index in [1.54, 1.807) is 38.1 Å². The van der Waals surface area contributed by atoms with Crippen LogP contribution in [-0.2, 0) is 4.79 Å². The van der Waals surface area contributed by atoms with Gasteiger partial charge in [0, 0.05) is 11.4 Å². The molecule has 0 heterocycles. The van der Waals surface area contributed by atoms with Crippen molar-refractivity contribution >= 4 is 16.7 Å². The van der Waals surface area contributed by atoms with E-state index in [0.717, 1.165) is 10.9 Å². The minimum Gasteiger partial charge on any atom is -0.481 e. The van der Waals surface area contributed by atoms with Crippen LogP contribution in [0.3, 0.4) is 0 Å². The van der Waals surface area contributed by atoms with Crippen LogP contribution in [-0.4, -0.2) is 11.1 Å². The van der Waals surface area contributed by atoms with Crippen molar-refractivity contribution < 1.29 is 14.3 Å². The first kappa shape index (κ1) is 14.5. The van der Waals surface area contributed by atoms with Gasteiger partial charge in [0.2, 0.25) is 0 Å². The fourth-order valence-corrected chi connectivity index (χ4v) is 2.36. The van der Waals surface area contributed by atoms with Crippen LogP contribution >= 0.6 is 0 Å². The number of halogens is 1. The number of aliphatic carboxylic acids is 1. The lowest BCUT2D eigenvalue weighted by Crippen LogP contribution is -2.29. The zero-order chi connectivity index (χ0) is 14.9. The Kier molecular flexibility index (Phi) is 3.77. The van der Waals surface area contributed by atoms with Crippen LogP contribution in [0.15, 0.2) is 36.4 Å². The maximum Gasteiger partial charge on any atom is 0.309 e. The van der Waals surface area contributed by atoms with Crippen molar-refractivity contribution in [3.05, 3.63) is 47.8 Å². The summed E-state index contributed by atoms with van der Waals surface area (Å²) in [6.45, 7) is 3.28. The second-order valence-electron chi connectivity index (χ2n) is 5.68. The third kappa shape index (κ3) is 2.65. The first-order valence-corrected chi connectivity index (χ1v) is 6.49. The standard InChI is InChI=1S/C16H18FNO2/c1-16(2,15(19)20)9-14(18)12-7-8-13(17)11-6-4-3-5-10(11)12/h3-8,14H,9,18H2,1-2H3,(H,19,20). The van der Waals surface area contributed by atoms with E-state index in [1.165, 1.54) is 6.07 Å². The Balaban J connectivity index is 2.43. The van der Waals surface area contributed by atoms with Gasteiger partial charge < -0.3 is 10.8 Å². The molecule has 106 valence electrons. The van der Waals surface area contributed by atoms with E-state index >= 15 is 0 Å². The van der Waals surface area contributed by atoms with Crippen LogP contribution in [0.2, 0.25) is 0 Å². The molecule has 0 saturated carbocycles. The maximum atomic E-state index is 13.8. The van der Waals surface area contributed by atoms with Crippen molar-refractivity contribution in [2.45, 2.75) is 26.3 Å². The quantitative estimate of drug-likeness (QED) is 0.898. The summed E-state index contributed by atoms with van der Waals surface area (Å²) in [5.74, 6) is -1.19. The minimum absolute atomic E-state index is 0.290. The summed E-state index contributed by atoms with van der Waals surface area (Å²) in [6, 6.07) is 9.66. The second kappa shape index (κ2) is 5.21. The molecule has 0 aliphatic heterocycles. The lowest BCUT2D eigenvalue weighted by molar-refractivity contribution is -0.147. The molecule has 4 heteroatoms. The van der Waals surface area contributed by atoms with Gasteiger partial charge in [-0.3, -0.25) is 4.79 Å². The van der Waals surface area contributed by atoms with Crippen LogP contribution in [0, 0.1) is 11.2 Å². The Morgan fingerprint density at radius 1 is 1.25 bits per heavy atom. The minimum atomic E-state index is -0.922. The molecule has 1 unspecified atom stereocenters. The molecule has 0 saturated heterocycles. The lowest BCUT2D eigenvalue weighted by atomic mass is 9.83. The molecule has 0 aliphatic carbocycles. The smallest absolute Gasteiger partial charge is 0.309 e. The van der Waals surface area contributed by atoms with Crippen molar-refractivity contribution in [3.63, 3.8) is 0 Å². The molecule has 0 aromatic heterocycles. The number of nitrogens with two attached hydrogens (primary N) is 1. The van der Waals surface area contributed by atoms with Crippen LogP contribution < -0.4 is 5.73 Å². The molecule has 3 nitrogen and oxygen atoms in total. The van der Waals surface area contributed by atoms with E-state index < -0.39 is 17.4 Å². The third-order valence-corrected chi connectivity index (χ3v) is 3.61. The summed E-state index contributed by atoms with van der Waals surface area (Å²) >= 11 is 0. The topological polar surface area (TPSA) is 63.3 Å². The monoisotopic (exact) mass is 275 g/mol. The molecule has 0 bridgehead atoms. The van der Waals surface area contributed by atoms with Gasteiger partial charge in [-0.2, -0.15) is 0 Å². The molecule has 1 atom stereocenters. The Labute approximate surface area is 117 Å². The number of hydrogen-bond acceptors (Lipinski definition) is 2. The largest absolute Gasteiger partial charge is 0.481 e. The number of rotatable bonds is 4. The van der Waals surface area contributed by atoms with E-state index in [2.05, 4.69) is 0 Å². The van der Waals surface area contributed by atoms with Crippen LogP contribution in [0.4, 0.5) is 4.39 Å². The first-order chi connectivity index (χ1) is 9.33. The van der Waals surface area contributed by atoms with Crippen molar-refractivity contribution in [3.8, 4) is 0 Å². The van der Waals surface area contributed by atoms with E-state index in [0.29, 0.717) is 5.39 Å². The molecule has 0 radical (unpaired) electrons. The molecular formula is C16H18FNO2. The fraction of sp³-hybridized carbons (Fsp3) is 0.312. The van der Waals surface area contributed by atoms with Crippen molar-refractivity contribution in [2.24, 2.45) is 11.1 Å². The van der Waals surface area contributed by atoms with Crippen LogP contribution in [0.5, 0.6) is 0 Å². The van der Waals surface area contributed by atoms with E-state index in [1.807, 2.05) is 6.07 Å². The molecule has 20 heavy (non-hydrogen) atoms. The summed E-state index contributed by atoms with van der Waals surface area (Å²) in [7, 11) is 0.